The van der Waals surface area contributed by atoms with E-state index in [9.17, 15) is 0 Å². The van der Waals surface area contributed by atoms with Crippen LogP contribution in [-0.4, -0.2) is 0 Å². The fourth-order valence-corrected chi connectivity index (χ4v) is 2.04. The summed E-state index contributed by atoms with van der Waals surface area (Å²) in [6.45, 7) is 2.45. The topological polar surface area (TPSA) is 0 Å². The normalized spacial score (nSPS) is 27.0. The van der Waals surface area contributed by atoms with Crippen molar-refractivity contribution in [1.82, 2.24) is 0 Å². The third-order valence-electron chi connectivity index (χ3n) is 3.40. The molecule has 0 aromatic carbocycles. The molecule has 0 aliphatic heterocycles. The van der Waals surface area contributed by atoms with Crippen LogP contribution < -0.4 is 0 Å². The van der Waals surface area contributed by atoms with Crippen molar-refractivity contribution in [3.63, 3.8) is 0 Å². The Labute approximate surface area is 70.4 Å². The molecule has 2 aliphatic rings. The molecule has 0 aromatic heterocycles. The average Bonchev–Trinajstić information content (AvgIpc) is 2.85. The smallest absolute Gasteiger partial charge is 0.0388 e. The van der Waals surface area contributed by atoms with Crippen LogP contribution in [0.4, 0.5) is 0 Å². The second-order valence-electron chi connectivity index (χ2n) is 4.69. The molecule has 0 amide bonds. The van der Waals surface area contributed by atoms with Gasteiger partial charge in [-0.1, -0.05) is 39.0 Å². The van der Waals surface area contributed by atoms with E-state index in [0.717, 1.165) is 17.8 Å². The maximum Gasteiger partial charge on any atom is -0.0388 e. The van der Waals surface area contributed by atoms with E-state index in [1.54, 1.807) is 0 Å². The van der Waals surface area contributed by atoms with E-state index >= 15 is 0 Å². The number of rotatable bonds is 5. The van der Waals surface area contributed by atoms with Gasteiger partial charge < -0.3 is 0 Å². The van der Waals surface area contributed by atoms with Crippen LogP contribution in [0.2, 0.25) is 0 Å². The summed E-state index contributed by atoms with van der Waals surface area (Å²) >= 11 is 0. The van der Waals surface area contributed by atoms with E-state index in [2.05, 4.69) is 6.92 Å². The Hall–Kier alpha value is 0. The molecule has 2 aliphatic carbocycles. The summed E-state index contributed by atoms with van der Waals surface area (Å²) in [5.74, 6) is 3.34. The van der Waals surface area contributed by atoms with Gasteiger partial charge in [0.05, 0.1) is 0 Å². The Bertz CT molecular complexity index is 120. The molecule has 0 aromatic rings. The van der Waals surface area contributed by atoms with Crippen LogP contribution in [0.15, 0.2) is 0 Å². The maximum atomic E-state index is 2.45. The Morgan fingerprint density at radius 2 is 1.91 bits per heavy atom. The minimum atomic E-state index is 1.05. The first-order valence-corrected chi connectivity index (χ1v) is 5.36. The molecule has 0 heterocycles. The zero-order valence-corrected chi connectivity index (χ0v) is 7.68. The van der Waals surface area contributed by atoms with Crippen molar-refractivity contribution >= 4 is 0 Å². The lowest BCUT2D eigenvalue weighted by Crippen LogP contribution is -1.96. The van der Waals surface area contributed by atoms with Gasteiger partial charge >= 0.3 is 0 Å². The maximum absolute atomic E-state index is 2.45. The summed E-state index contributed by atoms with van der Waals surface area (Å²) in [5.41, 5.74) is 0. The van der Waals surface area contributed by atoms with Crippen molar-refractivity contribution in [3.8, 4) is 0 Å². The third kappa shape index (κ3) is 2.50. The van der Waals surface area contributed by atoms with Crippen LogP contribution >= 0.6 is 0 Å². The van der Waals surface area contributed by atoms with Gasteiger partial charge in [-0.15, -0.1) is 0 Å². The molecule has 0 N–H and O–H groups in total. The quantitative estimate of drug-likeness (QED) is 0.564. The zero-order valence-electron chi connectivity index (χ0n) is 7.68. The van der Waals surface area contributed by atoms with Gasteiger partial charge in [-0.3, -0.25) is 0 Å². The summed E-state index contributed by atoms with van der Waals surface area (Å²) in [6.07, 6.45) is 10.7. The van der Waals surface area contributed by atoms with Crippen LogP contribution in [0, 0.1) is 17.8 Å². The lowest BCUT2D eigenvalue weighted by Gasteiger charge is -2.08. The van der Waals surface area contributed by atoms with Gasteiger partial charge in [0, 0.05) is 0 Å². The summed E-state index contributed by atoms with van der Waals surface area (Å²) < 4.78 is 0. The summed E-state index contributed by atoms with van der Waals surface area (Å²) in [6, 6.07) is 0. The summed E-state index contributed by atoms with van der Waals surface area (Å²) in [4.78, 5) is 0. The SMILES string of the molecule is CC(CCCC1CC1)C1CC1. The number of hydrogen-bond acceptors (Lipinski definition) is 0. The van der Waals surface area contributed by atoms with Gasteiger partial charge in [-0.25, -0.2) is 0 Å². The van der Waals surface area contributed by atoms with Gasteiger partial charge in [0.15, 0.2) is 0 Å². The largest absolute Gasteiger partial charge is 0.0622 e. The van der Waals surface area contributed by atoms with Crippen molar-refractivity contribution in [2.75, 3.05) is 0 Å². The number of hydrogen-bond donors (Lipinski definition) is 0. The Kier molecular flexibility index (Phi) is 2.20. The molecule has 0 spiro atoms. The monoisotopic (exact) mass is 152 g/mol. The summed E-state index contributed by atoms with van der Waals surface area (Å²) in [7, 11) is 0. The fraction of sp³-hybridized carbons (Fsp3) is 1.00. The van der Waals surface area contributed by atoms with Gasteiger partial charge in [-0.05, 0) is 30.6 Å². The zero-order chi connectivity index (χ0) is 7.68. The lowest BCUT2D eigenvalue weighted by atomic mass is 9.98. The molecule has 1 atom stereocenters. The first kappa shape index (κ1) is 7.64. The molecule has 0 radical (unpaired) electrons. The standard InChI is InChI=1S/C11H20/c1-9(11-7-8-11)3-2-4-10-5-6-10/h9-11H,2-8H2,1H3. The lowest BCUT2D eigenvalue weighted by molar-refractivity contribution is 0.438. The molecular formula is C11H20. The fourth-order valence-electron chi connectivity index (χ4n) is 2.04. The highest BCUT2D eigenvalue weighted by Gasteiger charge is 2.28. The second-order valence-corrected chi connectivity index (χ2v) is 4.69. The van der Waals surface area contributed by atoms with E-state index in [-0.39, 0.29) is 0 Å². The van der Waals surface area contributed by atoms with E-state index < -0.39 is 0 Å². The molecule has 1 unspecified atom stereocenters. The first-order valence-electron chi connectivity index (χ1n) is 5.36. The second kappa shape index (κ2) is 3.16. The average molecular weight is 152 g/mol. The highest BCUT2D eigenvalue weighted by atomic mass is 14.3. The van der Waals surface area contributed by atoms with Crippen LogP contribution in [0.3, 0.4) is 0 Å². The van der Waals surface area contributed by atoms with Crippen LogP contribution in [-0.2, 0) is 0 Å². The van der Waals surface area contributed by atoms with E-state index in [4.69, 9.17) is 0 Å². The minimum absolute atomic E-state index is 1.05. The third-order valence-corrected chi connectivity index (χ3v) is 3.40. The van der Waals surface area contributed by atoms with Crippen molar-refractivity contribution < 1.29 is 0 Å². The van der Waals surface area contributed by atoms with Gasteiger partial charge in [-0.2, -0.15) is 0 Å². The van der Waals surface area contributed by atoms with E-state index in [0.29, 0.717) is 0 Å². The molecule has 0 bridgehead atoms. The predicted molar refractivity (Wildman–Crippen MR) is 48.5 cm³/mol. The Balaban J connectivity index is 1.50. The van der Waals surface area contributed by atoms with Gasteiger partial charge in [0.1, 0.15) is 0 Å². The highest BCUT2D eigenvalue weighted by Crippen LogP contribution is 2.40. The predicted octanol–water partition coefficient (Wildman–Crippen LogP) is 3.61. The Morgan fingerprint density at radius 1 is 1.18 bits per heavy atom. The van der Waals surface area contributed by atoms with Crippen molar-refractivity contribution in [3.05, 3.63) is 0 Å². The van der Waals surface area contributed by atoms with Gasteiger partial charge in [0.25, 0.3) is 0 Å². The highest BCUT2D eigenvalue weighted by molar-refractivity contribution is 4.79. The van der Waals surface area contributed by atoms with Crippen molar-refractivity contribution in [2.24, 2.45) is 17.8 Å². The van der Waals surface area contributed by atoms with E-state index in [1.165, 1.54) is 44.9 Å². The molecule has 0 nitrogen and oxygen atoms in total. The molecule has 2 fully saturated rings. The van der Waals surface area contributed by atoms with Crippen molar-refractivity contribution in [2.45, 2.75) is 51.9 Å². The molecule has 0 heteroatoms. The van der Waals surface area contributed by atoms with Gasteiger partial charge in [0.2, 0.25) is 0 Å². The Morgan fingerprint density at radius 3 is 2.45 bits per heavy atom. The molecule has 2 rings (SSSR count). The van der Waals surface area contributed by atoms with E-state index in [1.807, 2.05) is 0 Å². The van der Waals surface area contributed by atoms with Crippen LogP contribution in [0.25, 0.3) is 0 Å². The van der Waals surface area contributed by atoms with Crippen LogP contribution in [0.1, 0.15) is 51.9 Å². The summed E-state index contributed by atoms with van der Waals surface area (Å²) in [5, 5.41) is 0. The molecule has 64 valence electrons. The molecule has 2 saturated carbocycles. The molecule has 11 heavy (non-hydrogen) atoms. The van der Waals surface area contributed by atoms with Crippen molar-refractivity contribution in [1.29, 1.82) is 0 Å². The minimum Gasteiger partial charge on any atom is -0.0622 e. The molecular weight excluding hydrogens is 132 g/mol. The molecule has 0 saturated heterocycles. The first-order chi connectivity index (χ1) is 5.36. The van der Waals surface area contributed by atoms with Crippen LogP contribution in [0.5, 0.6) is 0 Å².